The van der Waals surface area contributed by atoms with Crippen LogP contribution in [0.3, 0.4) is 0 Å². The van der Waals surface area contributed by atoms with E-state index in [1.807, 2.05) is 6.07 Å². The van der Waals surface area contributed by atoms with E-state index in [0.29, 0.717) is 13.1 Å². The number of nitrogens with one attached hydrogen (secondary N) is 1. The van der Waals surface area contributed by atoms with Crippen LogP contribution >= 0.6 is 0 Å². The molecular weight excluding hydrogens is 194 g/mol. The van der Waals surface area contributed by atoms with E-state index in [1.165, 1.54) is 0 Å². The molecule has 1 aromatic carbocycles. The molecule has 1 saturated heterocycles. The first-order valence-corrected chi connectivity index (χ1v) is 4.91. The van der Waals surface area contributed by atoms with E-state index in [2.05, 4.69) is 5.32 Å². The molecule has 1 heterocycles. The smallest absolute Gasteiger partial charge is 0.308 e. The summed E-state index contributed by atoms with van der Waals surface area (Å²) in [7, 11) is 0. The molecule has 15 heavy (non-hydrogen) atoms. The molecule has 0 bridgehead atoms. The highest BCUT2D eigenvalue weighted by Gasteiger charge is 2.33. The van der Waals surface area contributed by atoms with Gasteiger partial charge in [-0.1, -0.05) is 12.1 Å². The summed E-state index contributed by atoms with van der Waals surface area (Å²) in [5.41, 5.74) is 0.882. The minimum atomic E-state index is -0.784. The summed E-state index contributed by atoms with van der Waals surface area (Å²) in [6.45, 7) is 1.15. The molecule has 1 aromatic rings. The number of carboxylic acid groups (broad SMARTS) is 1. The number of aromatic hydroxyl groups is 1. The highest BCUT2D eigenvalue weighted by atomic mass is 16.4. The molecule has 0 aromatic heterocycles. The number of benzene rings is 1. The first kappa shape index (κ1) is 9.98. The normalized spacial score (nSPS) is 25.3. The molecule has 0 radical (unpaired) electrons. The third-order valence-electron chi connectivity index (χ3n) is 2.83. The van der Waals surface area contributed by atoms with Crippen LogP contribution in [0.1, 0.15) is 11.5 Å². The van der Waals surface area contributed by atoms with Crippen LogP contribution < -0.4 is 5.32 Å². The van der Waals surface area contributed by atoms with E-state index >= 15 is 0 Å². The van der Waals surface area contributed by atoms with Gasteiger partial charge in [-0.2, -0.15) is 0 Å². The minimum absolute atomic E-state index is 0.0467. The second-order valence-electron chi connectivity index (χ2n) is 3.80. The van der Waals surface area contributed by atoms with Crippen molar-refractivity contribution in [2.24, 2.45) is 5.92 Å². The van der Waals surface area contributed by atoms with Crippen LogP contribution in [0.15, 0.2) is 24.3 Å². The molecule has 2 rings (SSSR count). The monoisotopic (exact) mass is 207 g/mol. The number of carbonyl (C=O) groups is 1. The molecular formula is C11H13NO3. The van der Waals surface area contributed by atoms with Gasteiger partial charge in [-0.15, -0.1) is 0 Å². The molecule has 1 aliphatic rings. The van der Waals surface area contributed by atoms with Crippen molar-refractivity contribution in [1.82, 2.24) is 5.32 Å². The lowest BCUT2D eigenvalue weighted by molar-refractivity contribution is -0.141. The number of carboxylic acids is 1. The Balaban J connectivity index is 2.26. The predicted molar refractivity (Wildman–Crippen MR) is 54.8 cm³/mol. The van der Waals surface area contributed by atoms with Crippen LogP contribution in [-0.2, 0) is 4.79 Å². The van der Waals surface area contributed by atoms with E-state index in [-0.39, 0.29) is 11.7 Å². The molecule has 4 heteroatoms. The van der Waals surface area contributed by atoms with Crippen LogP contribution in [0.2, 0.25) is 0 Å². The summed E-state index contributed by atoms with van der Waals surface area (Å²) in [6, 6.07) is 6.81. The molecule has 0 aliphatic carbocycles. The molecule has 80 valence electrons. The number of hydrogen-bond acceptors (Lipinski definition) is 3. The Hall–Kier alpha value is -1.55. The molecule has 0 unspecified atom stereocenters. The van der Waals surface area contributed by atoms with E-state index in [0.717, 1.165) is 5.56 Å². The van der Waals surface area contributed by atoms with Crippen LogP contribution in [0, 0.1) is 5.92 Å². The van der Waals surface area contributed by atoms with E-state index in [9.17, 15) is 9.90 Å². The van der Waals surface area contributed by atoms with Crippen LogP contribution in [0.4, 0.5) is 0 Å². The molecule has 2 atom stereocenters. The fourth-order valence-corrected chi connectivity index (χ4v) is 2.04. The van der Waals surface area contributed by atoms with Gasteiger partial charge < -0.3 is 15.5 Å². The predicted octanol–water partition coefficient (Wildman–Crippen LogP) is 0.780. The standard InChI is InChI=1S/C11H13NO3/c13-8-3-1-2-7(4-8)9-5-12-6-10(9)11(14)15/h1-4,9-10,12-13H,5-6H2,(H,14,15)/t9-,10+/m0/s1. The number of aliphatic carboxylic acids is 1. The largest absolute Gasteiger partial charge is 0.508 e. The zero-order chi connectivity index (χ0) is 10.8. The Bertz CT molecular complexity index is 378. The molecule has 4 nitrogen and oxygen atoms in total. The Morgan fingerprint density at radius 2 is 2.20 bits per heavy atom. The van der Waals surface area contributed by atoms with Crippen molar-refractivity contribution in [3.63, 3.8) is 0 Å². The average Bonchev–Trinajstić information content (AvgIpc) is 2.65. The first-order chi connectivity index (χ1) is 7.18. The van der Waals surface area contributed by atoms with Gasteiger partial charge in [-0.25, -0.2) is 0 Å². The Morgan fingerprint density at radius 3 is 2.87 bits per heavy atom. The van der Waals surface area contributed by atoms with Crippen LogP contribution in [-0.4, -0.2) is 29.3 Å². The van der Waals surface area contributed by atoms with Crippen molar-refractivity contribution in [3.8, 4) is 5.75 Å². The quantitative estimate of drug-likeness (QED) is 0.670. The van der Waals surface area contributed by atoms with Crippen LogP contribution in [0.25, 0.3) is 0 Å². The maximum absolute atomic E-state index is 11.0. The average molecular weight is 207 g/mol. The second-order valence-corrected chi connectivity index (χ2v) is 3.80. The van der Waals surface area contributed by atoms with Gasteiger partial charge in [0.05, 0.1) is 5.92 Å². The highest BCUT2D eigenvalue weighted by molar-refractivity contribution is 5.72. The Morgan fingerprint density at radius 1 is 1.40 bits per heavy atom. The van der Waals surface area contributed by atoms with Gasteiger partial charge in [0, 0.05) is 19.0 Å². The van der Waals surface area contributed by atoms with Gasteiger partial charge >= 0.3 is 5.97 Å². The third kappa shape index (κ3) is 1.94. The second kappa shape index (κ2) is 3.90. The van der Waals surface area contributed by atoms with Crippen LogP contribution in [0.5, 0.6) is 5.75 Å². The summed E-state index contributed by atoms with van der Waals surface area (Å²) in [5, 5.41) is 21.4. The third-order valence-corrected chi connectivity index (χ3v) is 2.83. The SMILES string of the molecule is O=C(O)[C@@H]1CNC[C@H]1c1cccc(O)c1. The first-order valence-electron chi connectivity index (χ1n) is 4.91. The van der Waals surface area contributed by atoms with Crippen molar-refractivity contribution < 1.29 is 15.0 Å². The molecule has 3 N–H and O–H groups in total. The maximum Gasteiger partial charge on any atom is 0.308 e. The molecule has 1 aliphatic heterocycles. The molecule has 0 saturated carbocycles. The Labute approximate surface area is 87.6 Å². The number of rotatable bonds is 2. The zero-order valence-corrected chi connectivity index (χ0v) is 8.18. The molecule has 0 amide bonds. The van der Waals surface area contributed by atoms with Crippen molar-refractivity contribution in [1.29, 1.82) is 0 Å². The summed E-state index contributed by atoms with van der Waals surface area (Å²) < 4.78 is 0. The summed E-state index contributed by atoms with van der Waals surface area (Å²) >= 11 is 0. The van der Waals surface area contributed by atoms with E-state index in [1.54, 1.807) is 18.2 Å². The van der Waals surface area contributed by atoms with Gasteiger partial charge in [-0.05, 0) is 17.7 Å². The van der Waals surface area contributed by atoms with Gasteiger partial charge in [0.2, 0.25) is 0 Å². The topological polar surface area (TPSA) is 69.6 Å². The number of hydrogen-bond donors (Lipinski definition) is 3. The highest BCUT2D eigenvalue weighted by Crippen LogP contribution is 2.29. The van der Waals surface area contributed by atoms with Crippen molar-refractivity contribution in [3.05, 3.63) is 29.8 Å². The number of phenols is 1. The van der Waals surface area contributed by atoms with E-state index in [4.69, 9.17) is 5.11 Å². The summed E-state index contributed by atoms with van der Waals surface area (Å²) in [4.78, 5) is 11.0. The van der Waals surface area contributed by atoms with Gasteiger partial charge in [-0.3, -0.25) is 4.79 Å². The Kier molecular flexibility index (Phi) is 2.60. The van der Waals surface area contributed by atoms with Crippen molar-refractivity contribution in [2.75, 3.05) is 13.1 Å². The molecule has 1 fully saturated rings. The van der Waals surface area contributed by atoms with Crippen molar-refractivity contribution in [2.45, 2.75) is 5.92 Å². The maximum atomic E-state index is 11.0. The summed E-state index contributed by atoms with van der Waals surface area (Å²) in [5.74, 6) is -1.04. The van der Waals surface area contributed by atoms with E-state index < -0.39 is 11.9 Å². The van der Waals surface area contributed by atoms with Gasteiger partial charge in [0.1, 0.15) is 5.75 Å². The lowest BCUT2D eigenvalue weighted by Crippen LogP contribution is -2.20. The number of phenolic OH excluding ortho intramolecular Hbond substituents is 1. The zero-order valence-electron chi connectivity index (χ0n) is 8.18. The fraction of sp³-hybridized carbons (Fsp3) is 0.364. The fourth-order valence-electron chi connectivity index (χ4n) is 2.04. The van der Waals surface area contributed by atoms with Gasteiger partial charge in [0.15, 0.2) is 0 Å². The lowest BCUT2D eigenvalue weighted by atomic mass is 9.89. The molecule has 0 spiro atoms. The summed E-state index contributed by atoms with van der Waals surface area (Å²) in [6.07, 6.45) is 0. The van der Waals surface area contributed by atoms with Crippen molar-refractivity contribution >= 4 is 5.97 Å². The van der Waals surface area contributed by atoms with Gasteiger partial charge in [0.25, 0.3) is 0 Å². The lowest BCUT2D eigenvalue weighted by Gasteiger charge is -2.14. The minimum Gasteiger partial charge on any atom is -0.508 e.